The first-order valence-corrected chi connectivity index (χ1v) is 7.89. The lowest BCUT2D eigenvalue weighted by Gasteiger charge is -2.30. The molecular formula is C17H26N2O2. The predicted molar refractivity (Wildman–Crippen MR) is 86.6 cm³/mol. The van der Waals surface area contributed by atoms with Crippen molar-refractivity contribution in [1.29, 1.82) is 0 Å². The predicted octanol–water partition coefficient (Wildman–Crippen LogP) is 3.02. The molecule has 0 aliphatic carbocycles. The van der Waals surface area contributed by atoms with E-state index in [0.29, 0.717) is 6.42 Å². The Kier molecular flexibility index (Phi) is 5.23. The Balaban J connectivity index is 2.06. The van der Waals surface area contributed by atoms with Gasteiger partial charge >= 0.3 is 0 Å². The zero-order chi connectivity index (χ0) is 15.3. The topological polar surface area (TPSA) is 52.6 Å². The third kappa shape index (κ3) is 3.56. The molecule has 0 aromatic heterocycles. The lowest BCUT2D eigenvalue weighted by molar-refractivity contribution is -0.117. The molecule has 0 radical (unpaired) electrons. The van der Waals surface area contributed by atoms with E-state index in [4.69, 9.17) is 0 Å². The average Bonchev–Trinajstić information content (AvgIpc) is 2.96. The summed E-state index contributed by atoms with van der Waals surface area (Å²) in [5, 5.41) is 13.0. The number of nitrogens with one attached hydrogen (secondary N) is 1. The Morgan fingerprint density at radius 1 is 1.33 bits per heavy atom. The maximum atomic E-state index is 11.8. The van der Waals surface area contributed by atoms with E-state index >= 15 is 0 Å². The number of carbonyl (C=O) groups is 1. The van der Waals surface area contributed by atoms with Crippen LogP contribution in [0, 0.1) is 5.41 Å². The van der Waals surface area contributed by atoms with Crippen LogP contribution in [0.5, 0.6) is 0 Å². The lowest BCUT2D eigenvalue weighted by atomic mass is 9.83. The van der Waals surface area contributed by atoms with Gasteiger partial charge in [0.05, 0.1) is 6.61 Å². The summed E-state index contributed by atoms with van der Waals surface area (Å²) >= 11 is 0. The van der Waals surface area contributed by atoms with Gasteiger partial charge < -0.3 is 15.3 Å². The molecular weight excluding hydrogens is 264 g/mol. The number of nitrogens with zero attached hydrogens (tertiary/aromatic N) is 1. The molecule has 1 amide bonds. The van der Waals surface area contributed by atoms with Crippen LogP contribution < -0.4 is 10.2 Å². The first-order chi connectivity index (χ1) is 10.1. The van der Waals surface area contributed by atoms with Gasteiger partial charge in [0.1, 0.15) is 0 Å². The summed E-state index contributed by atoms with van der Waals surface area (Å²) in [5.41, 5.74) is 1.90. The number of aliphatic hydroxyl groups is 1. The smallest absolute Gasteiger partial charge is 0.227 e. The Hall–Kier alpha value is -1.55. The van der Waals surface area contributed by atoms with Crippen molar-refractivity contribution in [1.82, 2.24) is 0 Å². The number of anilines is 2. The van der Waals surface area contributed by atoms with Crippen molar-refractivity contribution in [2.45, 2.75) is 39.5 Å². The van der Waals surface area contributed by atoms with Crippen molar-refractivity contribution in [3.8, 4) is 0 Å². The van der Waals surface area contributed by atoms with Crippen molar-refractivity contribution < 1.29 is 9.90 Å². The molecule has 0 saturated carbocycles. The molecule has 1 aromatic carbocycles. The minimum absolute atomic E-state index is 0.0700. The van der Waals surface area contributed by atoms with Gasteiger partial charge in [0, 0.05) is 36.3 Å². The molecule has 0 spiro atoms. The van der Waals surface area contributed by atoms with Crippen LogP contribution in [0.1, 0.15) is 39.5 Å². The number of hydrogen-bond acceptors (Lipinski definition) is 3. The van der Waals surface area contributed by atoms with Gasteiger partial charge in [0.2, 0.25) is 5.91 Å². The van der Waals surface area contributed by atoms with E-state index < -0.39 is 0 Å². The molecule has 116 valence electrons. The highest BCUT2D eigenvalue weighted by Gasteiger charge is 2.25. The number of amides is 1. The lowest BCUT2D eigenvalue weighted by Crippen LogP contribution is -2.32. The maximum absolute atomic E-state index is 11.8. The molecule has 0 unspecified atom stereocenters. The third-order valence-electron chi connectivity index (χ3n) is 4.73. The van der Waals surface area contributed by atoms with E-state index in [2.05, 4.69) is 19.2 Å². The highest BCUT2D eigenvalue weighted by atomic mass is 16.3. The van der Waals surface area contributed by atoms with Crippen LogP contribution in [-0.4, -0.2) is 30.7 Å². The molecule has 21 heavy (non-hydrogen) atoms. The van der Waals surface area contributed by atoms with E-state index in [0.717, 1.165) is 43.7 Å². The number of aliphatic hydroxyl groups excluding tert-OH is 1. The van der Waals surface area contributed by atoms with Crippen molar-refractivity contribution in [2.24, 2.45) is 5.41 Å². The van der Waals surface area contributed by atoms with Gasteiger partial charge in [-0.25, -0.2) is 0 Å². The molecule has 1 fully saturated rings. The molecule has 2 N–H and O–H groups in total. The van der Waals surface area contributed by atoms with Gasteiger partial charge in [0.25, 0.3) is 0 Å². The van der Waals surface area contributed by atoms with Crippen molar-refractivity contribution in [3.63, 3.8) is 0 Å². The Morgan fingerprint density at radius 2 is 2.10 bits per heavy atom. The van der Waals surface area contributed by atoms with Gasteiger partial charge in [-0.15, -0.1) is 0 Å². The molecule has 4 nitrogen and oxygen atoms in total. The Bertz CT molecular complexity index is 475. The second-order valence-corrected chi connectivity index (χ2v) is 5.92. The van der Waals surface area contributed by atoms with E-state index in [1.165, 1.54) is 0 Å². The van der Waals surface area contributed by atoms with E-state index in [1.54, 1.807) is 0 Å². The molecule has 1 aromatic rings. The fourth-order valence-corrected chi connectivity index (χ4v) is 2.77. The van der Waals surface area contributed by atoms with Crippen molar-refractivity contribution in [3.05, 3.63) is 24.3 Å². The maximum Gasteiger partial charge on any atom is 0.227 e. The first kappa shape index (κ1) is 15.8. The summed E-state index contributed by atoms with van der Waals surface area (Å²) in [4.78, 5) is 13.7. The van der Waals surface area contributed by atoms with Gasteiger partial charge in [-0.3, -0.25) is 4.79 Å². The van der Waals surface area contributed by atoms with Gasteiger partial charge in [-0.2, -0.15) is 0 Å². The number of hydrogen-bond donors (Lipinski definition) is 2. The molecule has 1 saturated heterocycles. The van der Waals surface area contributed by atoms with E-state index in [-0.39, 0.29) is 17.9 Å². The quantitative estimate of drug-likeness (QED) is 0.811. The molecule has 1 aliphatic heterocycles. The SMILES string of the molecule is CCC(CC)(CO)CNc1cccc(N2CCCC2=O)c1. The third-order valence-corrected chi connectivity index (χ3v) is 4.73. The molecule has 4 heteroatoms. The number of carbonyl (C=O) groups excluding carboxylic acids is 1. The summed E-state index contributed by atoms with van der Waals surface area (Å²) in [5.74, 6) is 0.207. The van der Waals surface area contributed by atoms with Crippen LogP contribution in [0.3, 0.4) is 0 Å². The average molecular weight is 290 g/mol. The van der Waals surface area contributed by atoms with Gasteiger partial charge in [0.15, 0.2) is 0 Å². The van der Waals surface area contributed by atoms with Crippen LogP contribution in [-0.2, 0) is 4.79 Å². The van der Waals surface area contributed by atoms with Crippen LogP contribution in [0.15, 0.2) is 24.3 Å². The monoisotopic (exact) mass is 290 g/mol. The normalized spacial score (nSPS) is 15.6. The Morgan fingerprint density at radius 3 is 2.67 bits per heavy atom. The second kappa shape index (κ2) is 6.94. The van der Waals surface area contributed by atoms with Gasteiger partial charge in [-0.05, 0) is 37.5 Å². The number of rotatable bonds is 7. The van der Waals surface area contributed by atoms with Crippen LogP contribution >= 0.6 is 0 Å². The standard InChI is InChI=1S/C17H26N2O2/c1-3-17(4-2,13-20)12-18-14-7-5-8-15(11-14)19-10-6-9-16(19)21/h5,7-8,11,18,20H,3-4,6,9-10,12-13H2,1-2H3. The first-order valence-electron chi connectivity index (χ1n) is 7.89. The molecule has 0 atom stereocenters. The summed E-state index contributed by atoms with van der Waals surface area (Å²) in [6, 6.07) is 7.99. The number of benzene rings is 1. The molecule has 2 rings (SSSR count). The minimum atomic E-state index is -0.0700. The second-order valence-electron chi connectivity index (χ2n) is 5.92. The largest absolute Gasteiger partial charge is 0.396 e. The zero-order valence-corrected chi connectivity index (χ0v) is 13.1. The summed E-state index contributed by atoms with van der Waals surface area (Å²) in [7, 11) is 0. The van der Waals surface area contributed by atoms with Crippen LogP contribution in [0.2, 0.25) is 0 Å². The molecule has 1 aliphatic rings. The fraction of sp³-hybridized carbons (Fsp3) is 0.588. The molecule has 0 bridgehead atoms. The van der Waals surface area contributed by atoms with Crippen molar-refractivity contribution >= 4 is 17.3 Å². The summed E-state index contributed by atoms with van der Waals surface area (Å²) < 4.78 is 0. The molecule has 1 heterocycles. The summed E-state index contributed by atoms with van der Waals surface area (Å²) in [6.07, 6.45) is 3.47. The van der Waals surface area contributed by atoms with Crippen LogP contribution in [0.25, 0.3) is 0 Å². The van der Waals surface area contributed by atoms with E-state index in [1.807, 2.05) is 29.2 Å². The van der Waals surface area contributed by atoms with Crippen molar-refractivity contribution in [2.75, 3.05) is 29.9 Å². The Labute approximate surface area is 127 Å². The summed E-state index contributed by atoms with van der Waals surface area (Å²) in [6.45, 7) is 5.97. The highest BCUT2D eigenvalue weighted by molar-refractivity contribution is 5.95. The highest BCUT2D eigenvalue weighted by Crippen LogP contribution is 2.28. The van der Waals surface area contributed by atoms with Crippen LogP contribution in [0.4, 0.5) is 11.4 Å². The van der Waals surface area contributed by atoms with E-state index in [9.17, 15) is 9.90 Å². The minimum Gasteiger partial charge on any atom is -0.396 e. The van der Waals surface area contributed by atoms with Gasteiger partial charge in [-0.1, -0.05) is 19.9 Å². The fourth-order valence-electron chi connectivity index (χ4n) is 2.77. The zero-order valence-electron chi connectivity index (χ0n) is 13.1.